The molecule has 8 heteroatoms. The minimum Gasteiger partial charge on any atom is -0.493 e. The number of nitro groups is 1. The van der Waals surface area contributed by atoms with Crippen LogP contribution in [0.2, 0.25) is 0 Å². The number of anilines is 1. The summed E-state index contributed by atoms with van der Waals surface area (Å²) in [5, 5.41) is 17.4. The maximum Gasteiger partial charge on any atom is 0.280 e. The quantitative estimate of drug-likeness (QED) is 0.291. The van der Waals surface area contributed by atoms with Crippen molar-refractivity contribution < 1.29 is 19.2 Å². The van der Waals surface area contributed by atoms with Crippen LogP contribution in [0.15, 0.2) is 83.5 Å². The van der Waals surface area contributed by atoms with Crippen molar-refractivity contribution in [2.24, 2.45) is 5.10 Å². The van der Waals surface area contributed by atoms with E-state index in [1.165, 1.54) is 30.3 Å². The predicted molar refractivity (Wildman–Crippen MR) is 125 cm³/mol. The Morgan fingerprint density at radius 1 is 1.03 bits per heavy atom. The van der Waals surface area contributed by atoms with Gasteiger partial charge in [0.2, 0.25) is 0 Å². The fourth-order valence-corrected chi connectivity index (χ4v) is 3.43. The summed E-state index contributed by atoms with van der Waals surface area (Å²) in [5.74, 6) is 0.198. The number of para-hydroxylation sites is 1. The van der Waals surface area contributed by atoms with Gasteiger partial charge in [-0.15, -0.1) is 0 Å². The standard InChI is InChI=1S/C25H21N3O5/c1-17-21(25(29)27(26-17)20-11-7-4-8-12-20)13-19-14-23(32-2)24(15-22(19)28(30)31)33-16-18-9-5-3-6-10-18/h3-15H,16H2,1-2H3/b21-13+. The molecule has 0 atom stereocenters. The molecule has 0 N–H and O–H groups in total. The van der Waals surface area contributed by atoms with Crippen LogP contribution in [0.5, 0.6) is 11.5 Å². The molecule has 0 spiro atoms. The van der Waals surface area contributed by atoms with E-state index in [9.17, 15) is 14.9 Å². The summed E-state index contributed by atoms with van der Waals surface area (Å²) < 4.78 is 11.2. The average molecular weight is 443 g/mol. The zero-order chi connectivity index (χ0) is 23.4. The van der Waals surface area contributed by atoms with Gasteiger partial charge in [0.25, 0.3) is 11.6 Å². The van der Waals surface area contributed by atoms with Gasteiger partial charge in [-0.1, -0.05) is 48.5 Å². The second-order valence-corrected chi connectivity index (χ2v) is 7.29. The van der Waals surface area contributed by atoms with Crippen LogP contribution in [-0.2, 0) is 11.4 Å². The van der Waals surface area contributed by atoms with E-state index in [1.54, 1.807) is 31.2 Å². The molecule has 0 aliphatic carbocycles. The van der Waals surface area contributed by atoms with Crippen molar-refractivity contribution >= 4 is 29.1 Å². The third kappa shape index (κ3) is 4.59. The van der Waals surface area contributed by atoms with E-state index >= 15 is 0 Å². The van der Waals surface area contributed by atoms with Crippen molar-refractivity contribution in [3.8, 4) is 11.5 Å². The molecule has 0 saturated heterocycles. The van der Waals surface area contributed by atoms with Gasteiger partial charge in [0.15, 0.2) is 11.5 Å². The molecular formula is C25H21N3O5. The van der Waals surface area contributed by atoms with Gasteiger partial charge < -0.3 is 9.47 Å². The fourth-order valence-electron chi connectivity index (χ4n) is 3.43. The van der Waals surface area contributed by atoms with E-state index in [0.717, 1.165) is 5.56 Å². The van der Waals surface area contributed by atoms with Crippen molar-refractivity contribution in [3.63, 3.8) is 0 Å². The van der Waals surface area contributed by atoms with Crippen LogP contribution in [0.1, 0.15) is 18.1 Å². The Balaban J connectivity index is 1.68. The summed E-state index contributed by atoms with van der Waals surface area (Å²) in [4.78, 5) is 24.3. The molecule has 1 heterocycles. The predicted octanol–water partition coefficient (Wildman–Crippen LogP) is 4.99. The van der Waals surface area contributed by atoms with Gasteiger partial charge >= 0.3 is 0 Å². The lowest BCUT2D eigenvalue weighted by atomic mass is 10.0. The fraction of sp³-hybridized carbons (Fsp3) is 0.120. The molecule has 0 bridgehead atoms. The van der Waals surface area contributed by atoms with Crippen LogP contribution >= 0.6 is 0 Å². The lowest BCUT2D eigenvalue weighted by Crippen LogP contribution is -2.21. The number of methoxy groups -OCH3 is 1. The first-order valence-electron chi connectivity index (χ1n) is 10.2. The SMILES string of the molecule is COc1cc(/C=C2/C(=O)N(c3ccccc3)N=C2C)c([N+](=O)[O-])cc1OCc1ccccc1. The average Bonchev–Trinajstić information content (AvgIpc) is 3.12. The zero-order valence-electron chi connectivity index (χ0n) is 18.1. The lowest BCUT2D eigenvalue weighted by Gasteiger charge is -2.13. The monoisotopic (exact) mass is 443 g/mol. The van der Waals surface area contributed by atoms with Gasteiger partial charge in [0, 0.05) is 0 Å². The van der Waals surface area contributed by atoms with Crippen molar-refractivity contribution in [2.45, 2.75) is 13.5 Å². The van der Waals surface area contributed by atoms with Crippen LogP contribution in [0.25, 0.3) is 6.08 Å². The minimum atomic E-state index is -0.512. The van der Waals surface area contributed by atoms with Gasteiger partial charge in [-0.25, -0.2) is 0 Å². The van der Waals surface area contributed by atoms with Crippen molar-refractivity contribution in [1.29, 1.82) is 0 Å². The second-order valence-electron chi connectivity index (χ2n) is 7.29. The number of hydrogen-bond acceptors (Lipinski definition) is 6. The number of carbonyl (C=O) groups is 1. The van der Waals surface area contributed by atoms with Gasteiger partial charge in [-0.2, -0.15) is 10.1 Å². The summed E-state index contributed by atoms with van der Waals surface area (Å²) in [6.45, 7) is 1.91. The van der Waals surface area contributed by atoms with Gasteiger partial charge in [0.1, 0.15) is 6.61 Å². The summed E-state index contributed by atoms with van der Waals surface area (Å²) in [6, 6.07) is 21.2. The summed E-state index contributed by atoms with van der Waals surface area (Å²) in [7, 11) is 1.46. The molecule has 4 rings (SSSR count). The minimum absolute atomic E-state index is 0.204. The Morgan fingerprint density at radius 2 is 1.70 bits per heavy atom. The molecule has 33 heavy (non-hydrogen) atoms. The van der Waals surface area contributed by atoms with Crippen LogP contribution in [0.3, 0.4) is 0 Å². The van der Waals surface area contributed by atoms with Crippen molar-refractivity contribution in [3.05, 3.63) is 99.6 Å². The number of nitrogens with zero attached hydrogens (tertiary/aromatic N) is 3. The zero-order valence-corrected chi connectivity index (χ0v) is 18.1. The summed E-state index contributed by atoms with van der Waals surface area (Å²) in [5.41, 5.74) is 2.27. The third-order valence-corrected chi connectivity index (χ3v) is 5.11. The summed E-state index contributed by atoms with van der Waals surface area (Å²) in [6.07, 6.45) is 1.46. The first-order chi connectivity index (χ1) is 16.0. The van der Waals surface area contributed by atoms with Gasteiger partial charge in [-0.3, -0.25) is 14.9 Å². The Bertz CT molecular complexity index is 1250. The maximum atomic E-state index is 13.0. The van der Waals surface area contributed by atoms with Crippen LogP contribution in [0, 0.1) is 10.1 Å². The van der Waals surface area contributed by atoms with E-state index in [4.69, 9.17) is 9.47 Å². The van der Waals surface area contributed by atoms with Crippen LogP contribution in [-0.4, -0.2) is 23.7 Å². The highest BCUT2D eigenvalue weighted by Gasteiger charge is 2.30. The third-order valence-electron chi connectivity index (χ3n) is 5.11. The van der Waals surface area contributed by atoms with Gasteiger partial charge in [0.05, 0.1) is 40.6 Å². The first kappa shape index (κ1) is 21.8. The topological polar surface area (TPSA) is 94.3 Å². The number of ether oxygens (including phenoxy) is 2. The molecule has 3 aromatic rings. The van der Waals surface area contributed by atoms with E-state index in [0.29, 0.717) is 17.1 Å². The van der Waals surface area contributed by atoms with E-state index in [2.05, 4.69) is 5.10 Å². The molecule has 166 valence electrons. The van der Waals surface area contributed by atoms with Crippen molar-refractivity contribution in [1.82, 2.24) is 0 Å². The molecule has 0 unspecified atom stereocenters. The maximum absolute atomic E-state index is 13.0. The molecule has 1 aliphatic rings. The Hall–Kier alpha value is -4.46. The second kappa shape index (κ2) is 9.35. The Labute approximate surface area is 190 Å². The number of amides is 1. The molecule has 1 amide bonds. The molecule has 0 saturated carbocycles. The molecule has 8 nitrogen and oxygen atoms in total. The number of hydrogen-bond donors (Lipinski definition) is 0. The Kier molecular flexibility index (Phi) is 6.17. The Morgan fingerprint density at radius 3 is 2.33 bits per heavy atom. The molecule has 3 aromatic carbocycles. The van der Waals surface area contributed by atoms with E-state index in [1.807, 2.05) is 36.4 Å². The summed E-state index contributed by atoms with van der Waals surface area (Å²) >= 11 is 0. The number of nitro benzene ring substituents is 1. The van der Waals surface area contributed by atoms with E-state index < -0.39 is 4.92 Å². The molecular weight excluding hydrogens is 422 g/mol. The highest BCUT2D eigenvalue weighted by Crippen LogP contribution is 2.37. The van der Waals surface area contributed by atoms with Crippen molar-refractivity contribution in [2.75, 3.05) is 12.1 Å². The number of hydrazone groups is 1. The largest absolute Gasteiger partial charge is 0.493 e. The van der Waals surface area contributed by atoms with Gasteiger partial charge in [-0.05, 0) is 36.8 Å². The lowest BCUT2D eigenvalue weighted by molar-refractivity contribution is -0.385. The van der Waals surface area contributed by atoms with E-state index in [-0.39, 0.29) is 35.1 Å². The number of benzene rings is 3. The number of rotatable bonds is 7. The molecule has 1 aliphatic heterocycles. The number of carbonyl (C=O) groups excluding carboxylic acids is 1. The molecule has 0 fully saturated rings. The highest BCUT2D eigenvalue weighted by molar-refractivity contribution is 6.32. The van der Waals surface area contributed by atoms with Crippen LogP contribution in [0.4, 0.5) is 11.4 Å². The normalized spacial score (nSPS) is 14.4. The first-order valence-corrected chi connectivity index (χ1v) is 10.2. The highest BCUT2D eigenvalue weighted by atomic mass is 16.6. The molecule has 0 aromatic heterocycles. The van der Waals surface area contributed by atoms with Crippen LogP contribution < -0.4 is 14.5 Å². The molecule has 0 radical (unpaired) electrons. The smallest absolute Gasteiger partial charge is 0.280 e.